The standard InChI is InChI=1S/C26H25N5O3/c1-3-34-25(32)24-21(20-13-17(2)10-11-22(20)28-24)15-27-19-8-6-7-18(14-19)16-31-26(33)30-12-5-4-9-23(30)29-31/h4-14,27-28H,3,15-16H2,1-2H3. The van der Waals surface area contributed by atoms with Crippen molar-refractivity contribution in [1.82, 2.24) is 19.2 Å². The van der Waals surface area contributed by atoms with Crippen molar-refractivity contribution in [2.45, 2.75) is 26.9 Å². The number of hydrogen-bond donors (Lipinski definition) is 2. The average molecular weight is 456 g/mol. The number of nitrogens with zero attached hydrogens (tertiary/aromatic N) is 3. The Bertz CT molecular complexity index is 1560. The van der Waals surface area contributed by atoms with E-state index in [1.54, 1.807) is 19.2 Å². The smallest absolute Gasteiger partial charge is 0.355 e. The zero-order valence-electron chi connectivity index (χ0n) is 19.0. The van der Waals surface area contributed by atoms with Crippen molar-refractivity contribution >= 4 is 28.2 Å². The summed E-state index contributed by atoms with van der Waals surface area (Å²) in [7, 11) is 0. The van der Waals surface area contributed by atoms with Crippen LogP contribution in [0.1, 0.15) is 34.1 Å². The van der Waals surface area contributed by atoms with E-state index < -0.39 is 0 Å². The van der Waals surface area contributed by atoms with Crippen molar-refractivity contribution in [3.63, 3.8) is 0 Å². The summed E-state index contributed by atoms with van der Waals surface area (Å²) in [4.78, 5) is 28.4. The molecule has 3 heterocycles. The second-order valence-corrected chi connectivity index (χ2v) is 8.17. The van der Waals surface area contributed by atoms with E-state index in [4.69, 9.17) is 4.74 Å². The summed E-state index contributed by atoms with van der Waals surface area (Å²) in [5.41, 5.74) is 5.59. The van der Waals surface area contributed by atoms with Crippen LogP contribution in [-0.4, -0.2) is 31.7 Å². The number of ether oxygens (including phenoxy) is 1. The third kappa shape index (κ3) is 4.05. The lowest BCUT2D eigenvalue weighted by Crippen LogP contribution is -2.21. The van der Waals surface area contributed by atoms with Crippen molar-refractivity contribution in [2.24, 2.45) is 0 Å². The van der Waals surface area contributed by atoms with E-state index in [2.05, 4.69) is 21.5 Å². The lowest BCUT2D eigenvalue weighted by molar-refractivity contribution is 0.0519. The molecule has 0 saturated carbocycles. The maximum Gasteiger partial charge on any atom is 0.355 e. The molecule has 172 valence electrons. The van der Waals surface area contributed by atoms with Gasteiger partial charge in [0, 0.05) is 34.9 Å². The van der Waals surface area contributed by atoms with Crippen molar-refractivity contribution in [3.05, 3.63) is 99.7 Å². The van der Waals surface area contributed by atoms with Gasteiger partial charge in [-0.2, -0.15) is 0 Å². The third-order valence-electron chi connectivity index (χ3n) is 5.76. The number of benzene rings is 2. The van der Waals surface area contributed by atoms with E-state index >= 15 is 0 Å². The van der Waals surface area contributed by atoms with Crippen molar-refractivity contribution in [2.75, 3.05) is 11.9 Å². The van der Waals surface area contributed by atoms with Crippen LogP contribution in [0.4, 0.5) is 5.69 Å². The zero-order valence-corrected chi connectivity index (χ0v) is 19.0. The predicted molar refractivity (Wildman–Crippen MR) is 131 cm³/mol. The van der Waals surface area contributed by atoms with E-state index in [9.17, 15) is 9.59 Å². The highest BCUT2D eigenvalue weighted by molar-refractivity contribution is 5.98. The molecule has 0 fully saturated rings. The molecular formula is C26H25N5O3. The first-order chi connectivity index (χ1) is 16.5. The molecule has 0 bridgehead atoms. The molecular weight excluding hydrogens is 430 g/mol. The topological polar surface area (TPSA) is 93.4 Å². The second-order valence-electron chi connectivity index (χ2n) is 8.17. The Morgan fingerprint density at radius 1 is 1.12 bits per heavy atom. The molecule has 8 nitrogen and oxygen atoms in total. The maximum atomic E-state index is 12.6. The summed E-state index contributed by atoms with van der Waals surface area (Å²) >= 11 is 0. The lowest BCUT2D eigenvalue weighted by atomic mass is 10.1. The fourth-order valence-corrected chi connectivity index (χ4v) is 4.14. The van der Waals surface area contributed by atoms with Crippen LogP contribution < -0.4 is 11.0 Å². The first kappa shape index (κ1) is 21.5. The van der Waals surface area contributed by atoms with Crippen molar-refractivity contribution < 1.29 is 9.53 Å². The number of aromatic nitrogens is 4. The number of hydrogen-bond acceptors (Lipinski definition) is 5. The predicted octanol–water partition coefficient (Wildman–Crippen LogP) is 4.12. The number of carbonyl (C=O) groups is 1. The van der Waals surface area contributed by atoms with Crippen LogP contribution in [-0.2, 0) is 17.8 Å². The van der Waals surface area contributed by atoms with Crippen LogP contribution in [0.25, 0.3) is 16.6 Å². The number of pyridine rings is 1. The molecule has 3 aromatic heterocycles. The Hall–Kier alpha value is -4.33. The van der Waals surface area contributed by atoms with E-state index in [-0.39, 0.29) is 11.7 Å². The summed E-state index contributed by atoms with van der Waals surface area (Å²) in [5.74, 6) is -0.367. The van der Waals surface area contributed by atoms with Gasteiger partial charge in [0.25, 0.3) is 0 Å². The van der Waals surface area contributed by atoms with E-state index in [0.717, 1.165) is 33.3 Å². The Morgan fingerprint density at radius 3 is 2.82 bits per heavy atom. The van der Waals surface area contributed by atoms with Crippen LogP contribution in [0.5, 0.6) is 0 Å². The van der Waals surface area contributed by atoms with Crippen LogP contribution in [0.3, 0.4) is 0 Å². The normalized spacial score (nSPS) is 11.2. The van der Waals surface area contributed by atoms with Crippen LogP contribution in [0.15, 0.2) is 71.7 Å². The molecule has 0 aliphatic heterocycles. The molecule has 2 aromatic carbocycles. The van der Waals surface area contributed by atoms with Gasteiger partial charge in [-0.25, -0.2) is 14.3 Å². The van der Waals surface area contributed by atoms with Gasteiger partial charge in [-0.05, 0) is 55.8 Å². The number of fused-ring (bicyclic) bond motifs is 2. The molecule has 0 unspecified atom stereocenters. The summed E-state index contributed by atoms with van der Waals surface area (Å²) in [5, 5.41) is 8.82. The third-order valence-corrected chi connectivity index (χ3v) is 5.76. The first-order valence-electron chi connectivity index (χ1n) is 11.2. The Labute approximate surface area is 195 Å². The fourth-order valence-electron chi connectivity index (χ4n) is 4.14. The number of aromatic amines is 1. The van der Waals surface area contributed by atoms with Crippen molar-refractivity contribution in [1.29, 1.82) is 0 Å². The molecule has 5 aromatic rings. The van der Waals surface area contributed by atoms with Gasteiger partial charge in [0.2, 0.25) is 0 Å². The number of rotatable bonds is 7. The van der Waals surface area contributed by atoms with Gasteiger partial charge in [-0.15, -0.1) is 5.10 Å². The van der Waals surface area contributed by atoms with Gasteiger partial charge in [-0.3, -0.25) is 4.40 Å². The highest BCUT2D eigenvalue weighted by atomic mass is 16.5. The molecule has 0 atom stereocenters. The Kier molecular flexibility index (Phi) is 5.63. The summed E-state index contributed by atoms with van der Waals surface area (Å²) in [6.45, 7) is 4.93. The minimum atomic E-state index is -0.367. The highest BCUT2D eigenvalue weighted by Crippen LogP contribution is 2.26. The molecule has 0 amide bonds. The Morgan fingerprint density at radius 2 is 2.00 bits per heavy atom. The van der Waals surface area contributed by atoms with Gasteiger partial charge < -0.3 is 15.0 Å². The molecule has 0 aliphatic carbocycles. The van der Waals surface area contributed by atoms with Gasteiger partial charge in [0.1, 0.15) is 5.69 Å². The van der Waals surface area contributed by atoms with Gasteiger partial charge in [0.15, 0.2) is 5.65 Å². The molecule has 0 saturated heterocycles. The molecule has 2 N–H and O–H groups in total. The minimum absolute atomic E-state index is 0.179. The summed E-state index contributed by atoms with van der Waals surface area (Å²) in [6, 6.07) is 19.4. The molecule has 0 radical (unpaired) electrons. The van der Waals surface area contributed by atoms with Crippen LogP contribution >= 0.6 is 0 Å². The molecule has 0 spiro atoms. The van der Waals surface area contributed by atoms with Gasteiger partial charge >= 0.3 is 11.7 Å². The molecule has 0 aliphatic rings. The quantitative estimate of drug-likeness (QED) is 0.360. The van der Waals surface area contributed by atoms with E-state index in [1.165, 1.54) is 9.08 Å². The number of carbonyl (C=O) groups excluding carboxylic acids is 1. The van der Waals surface area contributed by atoms with E-state index in [0.29, 0.717) is 31.0 Å². The number of nitrogens with one attached hydrogen (secondary N) is 2. The summed E-state index contributed by atoms with van der Waals surface area (Å²) in [6.07, 6.45) is 1.71. The minimum Gasteiger partial charge on any atom is -0.461 e. The number of aryl methyl sites for hydroxylation is 1. The lowest BCUT2D eigenvalue weighted by Gasteiger charge is -2.10. The van der Waals surface area contributed by atoms with Gasteiger partial charge in [-0.1, -0.05) is 29.8 Å². The van der Waals surface area contributed by atoms with Gasteiger partial charge in [0.05, 0.1) is 13.2 Å². The molecule has 5 rings (SSSR count). The number of esters is 1. The van der Waals surface area contributed by atoms with Crippen LogP contribution in [0.2, 0.25) is 0 Å². The highest BCUT2D eigenvalue weighted by Gasteiger charge is 2.19. The fraction of sp³-hybridized carbons (Fsp3) is 0.192. The maximum absolute atomic E-state index is 12.6. The number of H-pyrrole nitrogens is 1. The van der Waals surface area contributed by atoms with E-state index in [1.807, 2.05) is 55.5 Å². The first-order valence-corrected chi connectivity index (χ1v) is 11.2. The average Bonchev–Trinajstić information content (AvgIpc) is 3.35. The van der Waals surface area contributed by atoms with Crippen molar-refractivity contribution in [3.8, 4) is 0 Å². The SMILES string of the molecule is CCOC(=O)c1[nH]c2ccc(C)cc2c1CNc1cccc(Cn2nc3ccccn3c2=O)c1. The largest absolute Gasteiger partial charge is 0.461 e. The van der Waals surface area contributed by atoms with Crippen LogP contribution in [0, 0.1) is 6.92 Å². The molecule has 34 heavy (non-hydrogen) atoms. The Balaban J connectivity index is 1.41. The number of anilines is 1. The summed E-state index contributed by atoms with van der Waals surface area (Å²) < 4.78 is 8.24. The molecule has 8 heteroatoms. The second kappa shape index (κ2) is 8.90. The zero-order chi connectivity index (χ0) is 23.7. The monoisotopic (exact) mass is 455 g/mol.